The van der Waals surface area contributed by atoms with Crippen molar-refractivity contribution in [3.63, 3.8) is 0 Å². The van der Waals surface area contributed by atoms with Crippen LogP contribution in [0.1, 0.15) is 11.1 Å². The Balaban J connectivity index is 2.10. The van der Waals surface area contributed by atoms with Gasteiger partial charge < -0.3 is 10.5 Å². The Labute approximate surface area is 120 Å². The molecule has 0 aromatic heterocycles. The van der Waals surface area contributed by atoms with Crippen molar-refractivity contribution >= 4 is 27.5 Å². The molecule has 0 aliphatic carbocycles. The quantitative estimate of drug-likeness (QED) is 0.916. The van der Waals surface area contributed by atoms with Gasteiger partial charge in [0.15, 0.2) is 0 Å². The SMILES string of the molecule is NCc1cc(Cl)ccc1OCc1cccc(Br)c1. The number of hydrogen-bond acceptors (Lipinski definition) is 2. The van der Waals surface area contributed by atoms with Crippen molar-refractivity contribution in [2.45, 2.75) is 13.2 Å². The molecular weight excluding hydrogens is 314 g/mol. The highest BCUT2D eigenvalue weighted by Crippen LogP contribution is 2.23. The molecule has 0 saturated heterocycles. The van der Waals surface area contributed by atoms with Gasteiger partial charge in [-0.3, -0.25) is 0 Å². The molecule has 0 unspecified atom stereocenters. The molecule has 0 bridgehead atoms. The molecule has 2 N–H and O–H groups in total. The van der Waals surface area contributed by atoms with Gasteiger partial charge in [-0.05, 0) is 35.9 Å². The molecule has 2 rings (SSSR count). The third-order valence-electron chi connectivity index (χ3n) is 2.53. The molecule has 0 aliphatic heterocycles. The van der Waals surface area contributed by atoms with Crippen LogP contribution in [-0.2, 0) is 13.2 Å². The lowest BCUT2D eigenvalue weighted by molar-refractivity contribution is 0.303. The Morgan fingerprint density at radius 3 is 2.72 bits per heavy atom. The van der Waals surface area contributed by atoms with E-state index in [0.717, 1.165) is 21.3 Å². The highest BCUT2D eigenvalue weighted by atomic mass is 79.9. The van der Waals surface area contributed by atoms with Crippen molar-refractivity contribution in [1.82, 2.24) is 0 Å². The topological polar surface area (TPSA) is 35.2 Å². The average molecular weight is 327 g/mol. The lowest BCUT2D eigenvalue weighted by Crippen LogP contribution is -2.02. The summed E-state index contributed by atoms with van der Waals surface area (Å²) in [7, 11) is 0. The predicted octanol–water partition coefficient (Wildman–Crippen LogP) is 4.14. The van der Waals surface area contributed by atoms with Gasteiger partial charge in [-0.15, -0.1) is 0 Å². The van der Waals surface area contributed by atoms with Crippen molar-refractivity contribution in [2.75, 3.05) is 0 Å². The molecule has 0 aliphatic rings. The van der Waals surface area contributed by atoms with Crippen molar-refractivity contribution in [2.24, 2.45) is 5.73 Å². The maximum atomic E-state index is 5.92. The predicted molar refractivity (Wildman–Crippen MR) is 77.8 cm³/mol. The number of hydrogen-bond donors (Lipinski definition) is 1. The second-order valence-corrected chi connectivity index (χ2v) is 5.23. The zero-order chi connectivity index (χ0) is 13.0. The first kappa shape index (κ1) is 13.4. The lowest BCUT2D eigenvalue weighted by Gasteiger charge is -2.11. The van der Waals surface area contributed by atoms with E-state index in [2.05, 4.69) is 15.9 Å². The minimum Gasteiger partial charge on any atom is -0.489 e. The van der Waals surface area contributed by atoms with Gasteiger partial charge in [-0.25, -0.2) is 0 Å². The molecule has 4 heteroatoms. The van der Waals surface area contributed by atoms with Crippen molar-refractivity contribution in [3.05, 3.63) is 63.1 Å². The van der Waals surface area contributed by atoms with E-state index >= 15 is 0 Å². The third-order valence-corrected chi connectivity index (χ3v) is 3.25. The molecule has 2 aromatic carbocycles. The van der Waals surface area contributed by atoms with E-state index in [-0.39, 0.29) is 0 Å². The smallest absolute Gasteiger partial charge is 0.124 e. The Kier molecular flexibility index (Phi) is 4.64. The summed E-state index contributed by atoms with van der Waals surface area (Å²) in [4.78, 5) is 0. The number of nitrogens with two attached hydrogens (primary N) is 1. The maximum Gasteiger partial charge on any atom is 0.124 e. The van der Waals surface area contributed by atoms with E-state index in [4.69, 9.17) is 22.1 Å². The standard InChI is InChI=1S/C14H13BrClNO/c15-12-3-1-2-10(6-12)9-18-14-5-4-13(16)7-11(14)8-17/h1-7H,8-9,17H2. The van der Waals surface area contributed by atoms with E-state index in [9.17, 15) is 0 Å². The van der Waals surface area contributed by atoms with E-state index in [1.165, 1.54) is 0 Å². The van der Waals surface area contributed by atoms with E-state index in [1.54, 1.807) is 6.07 Å². The number of rotatable bonds is 4. The van der Waals surface area contributed by atoms with Gasteiger partial charge in [-0.1, -0.05) is 39.7 Å². The lowest BCUT2D eigenvalue weighted by atomic mass is 10.2. The molecule has 0 radical (unpaired) electrons. The number of halogens is 2. The van der Waals surface area contributed by atoms with Crippen molar-refractivity contribution in [1.29, 1.82) is 0 Å². The fraction of sp³-hybridized carbons (Fsp3) is 0.143. The second kappa shape index (κ2) is 6.23. The molecule has 2 aromatic rings. The monoisotopic (exact) mass is 325 g/mol. The normalized spacial score (nSPS) is 10.4. The van der Waals surface area contributed by atoms with Crippen molar-refractivity contribution in [3.8, 4) is 5.75 Å². The average Bonchev–Trinajstić information content (AvgIpc) is 2.37. The van der Waals surface area contributed by atoms with Crippen LogP contribution in [0, 0.1) is 0 Å². The van der Waals surface area contributed by atoms with Gasteiger partial charge in [0.2, 0.25) is 0 Å². The summed E-state index contributed by atoms with van der Waals surface area (Å²) in [6.45, 7) is 0.919. The molecule has 94 valence electrons. The van der Waals surface area contributed by atoms with E-state index in [1.807, 2.05) is 36.4 Å². The van der Waals surface area contributed by atoms with Gasteiger partial charge >= 0.3 is 0 Å². The van der Waals surface area contributed by atoms with Gasteiger partial charge in [-0.2, -0.15) is 0 Å². The molecule has 0 saturated carbocycles. The van der Waals surface area contributed by atoms with Gasteiger partial charge in [0.05, 0.1) is 0 Å². The van der Waals surface area contributed by atoms with Crippen LogP contribution in [0.25, 0.3) is 0 Å². The summed E-state index contributed by atoms with van der Waals surface area (Å²) in [5.74, 6) is 0.780. The van der Waals surface area contributed by atoms with Gasteiger partial charge in [0.1, 0.15) is 12.4 Å². The Morgan fingerprint density at radius 1 is 1.17 bits per heavy atom. The second-order valence-electron chi connectivity index (χ2n) is 3.87. The zero-order valence-electron chi connectivity index (χ0n) is 9.70. The third kappa shape index (κ3) is 3.48. The van der Waals surface area contributed by atoms with Gasteiger partial charge in [0, 0.05) is 21.6 Å². The largest absolute Gasteiger partial charge is 0.489 e. The number of benzene rings is 2. The van der Waals surface area contributed by atoms with Crippen LogP contribution >= 0.6 is 27.5 Å². The molecule has 0 spiro atoms. The molecule has 0 atom stereocenters. The molecule has 18 heavy (non-hydrogen) atoms. The highest BCUT2D eigenvalue weighted by Gasteiger charge is 2.04. The first-order valence-electron chi connectivity index (χ1n) is 5.55. The van der Waals surface area contributed by atoms with Crippen LogP contribution < -0.4 is 10.5 Å². The summed E-state index contributed by atoms with van der Waals surface area (Å²) < 4.78 is 6.81. The zero-order valence-corrected chi connectivity index (χ0v) is 12.0. The summed E-state index contributed by atoms with van der Waals surface area (Å²) in [6.07, 6.45) is 0. The first-order chi connectivity index (χ1) is 8.69. The first-order valence-corrected chi connectivity index (χ1v) is 6.72. The van der Waals surface area contributed by atoms with Crippen LogP contribution in [-0.4, -0.2) is 0 Å². The Morgan fingerprint density at radius 2 is 2.00 bits per heavy atom. The van der Waals surface area contributed by atoms with Gasteiger partial charge in [0.25, 0.3) is 0 Å². The van der Waals surface area contributed by atoms with E-state index in [0.29, 0.717) is 18.2 Å². The van der Waals surface area contributed by atoms with Crippen LogP contribution in [0.15, 0.2) is 46.9 Å². The highest BCUT2D eigenvalue weighted by molar-refractivity contribution is 9.10. The van der Waals surface area contributed by atoms with Crippen LogP contribution in [0.4, 0.5) is 0 Å². The minimum atomic E-state index is 0.411. The molecule has 2 nitrogen and oxygen atoms in total. The maximum absolute atomic E-state index is 5.92. The van der Waals surface area contributed by atoms with Crippen LogP contribution in [0.2, 0.25) is 5.02 Å². The van der Waals surface area contributed by atoms with Crippen molar-refractivity contribution < 1.29 is 4.74 Å². The summed E-state index contributed by atoms with van der Waals surface area (Å²) in [6, 6.07) is 13.5. The van der Waals surface area contributed by atoms with Crippen LogP contribution in [0.5, 0.6) is 5.75 Å². The Bertz CT molecular complexity index is 545. The molecule has 0 amide bonds. The van der Waals surface area contributed by atoms with Crippen LogP contribution in [0.3, 0.4) is 0 Å². The fourth-order valence-electron chi connectivity index (χ4n) is 1.64. The molecule has 0 heterocycles. The Hall–Kier alpha value is -1.03. The summed E-state index contributed by atoms with van der Waals surface area (Å²) >= 11 is 9.35. The fourth-order valence-corrected chi connectivity index (χ4v) is 2.28. The van der Waals surface area contributed by atoms with E-state index < -0.39 is 0 Å². The summed E-state index contributed by atoms with van der Waals surface area (Å²) in [5.41, 5.74) is 7.68. The summed E-state index contributed by atoms with van der Waals surface area (Å²) in [5, 5.41) is 0.672. The molecular formula is C14H13BrClNO. The number of ether oxygens (including phenoxy) is 1. The minimum absolute atomic E-state index is 0.411. The molecule has 0 fully saturated rings.